The number of ether oxygens (including phenoxy) is 1. The van der Waals surface area contributed by atoms with E-state index in [0.717, 1.165) is 35.5 Å². The second kappa shape index (κ2) is 8.53. The first-order chi connectivity index (χ1) is 13.8. The van der Waals surface area contributed by atoms with E-state index in [1.165, 1.54) is 16.5 Å². The number of fused-ring (bicyclic) bond motifs is 1. The Balaban J connectivity index is 1.50. The molecule has 0 unspecified atom stereocenters. The Bertz CT molecular complexity index is 1060. The highest BCUT2D eigenvalue weighted by molar-refractivity contribution is 5.83. The minimum Gasteiger partial charge on any atom is -0.496 e. The molecule has 4 aromatic rings. The van der Waals surface area contributed by atoms with Gasteiger partial charge in [-0.2, -0.15) is 0 Å². The van der Waals surface area contributed by atoms with Crippen LogP contribution in [0.3, 0.4) is 0 Å². The molecule has 0 spiro atoms. The predicted octanol–water partition coefficient (Wildman–Crippen LogP) is 5.04. The van der Waals surface area contributed by atoms with E-state index < -0.39 is 0 Å². The molecule has 1 N–H and O–H groups in total. The average molecular weight is 369 g/mol. The number of aryl methyl sites for hydroxylation is 2. The van der Waals surface area contributed by atoms with Gasteiger partial charge < -0.3 is 10.1 Å². The molecule has 2 aromatic heterocycles. The first-order valence-electron chi connectivity index (χ1n) is 9.47. The van der Waals surface area contributed by atoms with Crippen molar-refractivity contribution in [3.63, 3.8) is 0 Å². The fraction of sp³-hybridized carbons (Fsp3) is 0.167. The van der Waals surface area contributed by atoms with Crippen molar-refractivity contribution >= 4 is 16.7 Å². The van der Waals surface area contributed by atoms with Crippen LogP contribution in [0.2, 0.25) is 0 Å². The smallest absolute Gasteiger partial charge is 0.126 e. The van der Waals surface area contributed by atoms with Crippen LogP contribution in [0.25, 0.3) is 10.9 Å². The normalized spacial score (nSPS) is 10.8. The number of aromatic nitrogens is 2. The number of nitrogens with one attached hydrogen (secondary N) is 1. The Morgan fingerprint density at radius 1 is 0.857 bits per heavy atom. The fourth-order valence-corrected chi connectivity index (χ4v) is 3.39. The van der Waals surface area contributed by atoms with Gasteiger partial charge in [-0.05, 0) is 54.3 Å². The van der Waals surface area contributed by atoms with Crippen LogP contribution in [0.5, 0.6) is 5.75 Å². The first-order valence-corrected chi connectivity index (χ1v) is 9.47. The molecule has 0 radical (unpaired) electrons. The van der Waals surface area contributed by atoms with Gasteiger partial charge in [-0.25, -0.2) is 4.98 Å². The van der Waals surface area contributed by atoms with Crippen LogP contribution in [-0.4, -0.2) is 17.1 Å². The number of pyridine rings is 2. The molecule has 0 fully saturated rings. The molecule has 4 rings (SSSR count). The molecule has 0 bridgehead atoms. The lowest BCUT2D eigenvalue weighted by atomic mass is 10.0. The Morgan fingerprint density at radius 3 is 2.61 bits per heavy atom. The highest BCUT2D eigenvalue weighted by atomic mass is 16.5. The van der Waals surface area contributed by atoms with E-state index in [4.69, 9.17) is 9.72 Å². The second-order valence-electron chi connectivity index (χ2n) is 6.71. The molecule has 0 saturated heterocycles. The van der Waals surface area contributed by atoms with Crippen molar-refractivity contribution < 1.29 is 4.74 Å². The predicted molar refractivity (Wildman–Crippen MR) is 114 cm³/mol. The lowest BCUT2D eigenvalue weighted by Gasteiger charge is -2.11. The number of anilines is 1. The molecule has 0 aliphatic heterocycles. The molecular weight excluding hydrogens is 346 g/mol. The lowest BCUT2D eigenvalue weighted by Crippen LogP contribution is -2.03. The summed E-state index contributed by atoms with van der Waals surface area (Å²) in [6, 6.07) is 22.7. The van der Waals surface area contributed by atoms with Gasteiger partial charge in [0.2, 0.25) is 0 Å². The maximum atomic E-state index is 5.42. The van der Waals surface area contributed by atoms with Crippen LogP contribution in [0.1, 0.15) is 16.7 Å². The summed E-state index contributed by atoms with van der Waals surface area (Å²) in [5.74, 6) is 1.75. The number of para-hydroxylation sites is 1. The van der Waals surface area contributed by atoms with Crippen LogP contribution in [0, 0.1) is 0 Å². The Hall–Kier alpha value is -3.40. The summed E-state index contributed by atoms with van der Waals surface area (Å²) in [5.41, 5.74) is 4.68. The summed E-state index contributed by atoms with van der Waals surface area (Å²) in [6.07, 6.45) is 5.69. The maximum absolute atomic E-state index is 5.42. The summed E-state index contributed by atoms with van der Waals surface area (Å²) in [5, 5.41) is 4.61. The zero-order valence-electron chi connectivity index (χ0n) is 15.9. The topological polar surface area (TPSA) is 47.0 Å². The summed E-state index contributed by atoms with van der Waals surface area (Å²) >= 11 is 0. The van der Waals surface area contributed by atoms with Crippen LogP contribution >= 0.6 is 0 Å². The Morgan fingerprint density at radius 2 is 1.75 bits per heavy atom. The Labute approximate surface area is 165 Å². The van der Waals surface area contributed by atoms with E-state index >= 15 is 0 Å². The van der Waals surface area contributed by atoms with Crippen LogP contribution < -0.4 is 10.1 Å². The lowest BCUT2D eigenvalue weighted by molar-refractivity contribution is 0.410. The molecule has 0 aliphatic rings. The molecular formula is C24H23N3O. The molecule has 2 aromatic carbocycles. The van der Waals surface area contributed by atoms with Crippen molar-refractivity contribution in [1.29, 1.82) is 0 Å². The minimum absolute atomic E-state index is 0.670. The van der Waals surface area contributed by atoms with Crippen molar-refractivity contribution in [3.8, 4) is 5.75 Å². The largest absolute Gasteiger partial charge is 0.496 e. The van der Waals surface area contributed by atoms with E-state index in [2.05, 4.69) is 46.7 Å². The highest BCUT2D eigenvalue weighted by Gasteiger charge is 2.06. The van der Waals surface area contributed by atoms with E-state index in [1.54, 1.807) is 7.11 Å². The van der Waals surface area contributed by atoms with Gasteiger partial charge in [0.25, 0.3) is 0 Å². The van der Waals surface area contributed by atoms with Crippen molar-refractivity contribution in [1.82, 2.24) is 9.97 Å². The van der Waals surface area contributed by atoms with Gasteiger partial charge in [-0.15, -0.1) is 0 Å². The summed E-state index contributed by atoms with van der Waals surface area (Å²) in [4.78, 5) is 9.00. The Kier molecular flexibility index (Phi) is 5.48. The molecule has 0 atom stereocenters. The average Bonchev–Trinajstić information content (AvgIpc) is 2.77. The second-order valence-corrected chi connectivity index (χ2v) is 6.71. The number of methoxy groups -OCH3 is 1. The summed E-state index contributed by atoms with van der Waals surface area (Å²) < 4.78 is 5.42. The fourth-order valence-electron chi connectivity index (χ4n) is 3.39. The summed E-state index contributed by atoms with van der Waals surface area (Å²) in [7, 11) is 1.69. The van der Waals surface area contributed by atoms with Crippen LogP contribution in [0.15, 0.2) is 79.1 Å². The number of nitrogens with zero attached hydrogens (tertiary/aromatic N) is 2. The van der Waals surface area contributed by atoms with E-state index in [-0.39, 0.29) is 0 Å². The zero-order valence-corrected chi connectivity index (χ0v) is 15.9. The SMILES string of the molecule is COc1ccccc1CNc1ccc2c(CCc3cccnc3)cccc2n1. The number of rotatable bonds is 7. The number of hydrogen-bond acceptors (Lipinski definition) is 4. The molecule has 28 heavy (non-hydrogen) atoms. The van der Waals surface area contributed by atoms with Gasteiger partial charge in [-0.1, -0.05) is 36.4 Å². The summed E-state index contributed by atoms with van der Waals surface area (Å²) in [6.45, 7) is 0.670. The van der Waals surface area contributed by atoms with Crippen molar-refractivity contribution in [2.45, 2.75) is 19.4 Å². The maximum Gasteiger partial charge on any atom is 0.126 e. The van der Waals surface area contributed by atoms with Crippen LogP contribution in [-0.2, 0) is 19.4 Å². The van der Waals surface area contributed by atoms with Gasteiger partial charge in [0.1, 0.15) is 11.6 Å². The molecule has 4 nitrogen and oxygen atoms in total. The first kappa shape index (κ1) is 18.0. The monoisotopic (exact) mass is 369 g/mol. The van der Waals surface area contributed by atoms with Crippen molar-refractivity contribution in [2.75, 3.05) is 12.4 Å². The third-order valence-corrected chi connectivity index (χ3v) is 4.88. The van der Waals surface area contributed by atoms with Crippen molar-refractivity contribution in [2.24, 2.45) is 0 Å². The molecule has 0 saturated carbocycles. The zero-order chi connectivity index (χ0) is 19.2. The van der Waals surface area contributed by atoms with E-state index in [0.29, 0.717) is 6.54 Å². The van der Waals surface area contributed by atoms with E-state index in [9.17, 15) is 0 Å². The van der Waals surface area contributed by atoms with Gasteiger partial charge in [0.05, 0.1) is 12.6 Å². The van der Waals surface area contributed by atoms with Gasteiger partial charge >= 0.3 is 0 Å². The third-order valence-electron chi connectivity index (χ3n) is 4.88. The van der Waals surface area contributed by atoms with E-state index in [1.807, 2.05) is 42.7 Å². The standard InChI is InChI=1S/C24H23N3O/c1-28-23-10-3-2-7-20(23)17-26-24-14-13-21-19(8-4-9-22(21)27-24)12-11-18-6-5-15-25-16-18/h2-10,13-16H,11-12,17H2,1H3,(H,26,27). The van der Waals surface area contributed by atoms with Gasteiger partial charge in [-0.3, -0.25) is 4.98 Å². The molecule has 140 valence electrons. The highest BCUT2D eigenvalue weighted by Crippen LogP contribution is 2.23. The van der Waals surface area contributed by atoms with Gasteiger partial charge in [0.15, 0.2) is 0 Å². The number of hydrogen-bond donors (Lipinski definition) is 1. The van der Waals surface area contributed by atoms with Gasteiger partial charge in [0, 0.05) is 29.9 Å². The minimum atomic E-state index is 0.670. The molecule has 0 amide bonds. The molecule has 4 heteroatoms. The number of benzene rings is 2. The third kappa shape index (κ3) is 4.12. The molecule has 0 aliphatic carbocycles. The van der Waals surface area contributed by atoms with Crippen LogP contribution in [0.4, 0.5) is 5.82 Å². The molecule has 2 heterocycles. The van der Waals surface area contributed by atoms with Crippen molar-refractivity contribution in [3.05, 3.63) is 95.8 Å². The quantitative estimate of drug-likeness (QED) is 0.496.